The summed E-state index contributed by atoms with van der Waals surface area (Å²) in [5.74, 6) is 0.846. The molecule has 20 heavy (non-hydrogen) atoms. The van der Waals surface area contributed by atoms with Gasteiger partial charge in [0.25, 0.3) is 0 Å². The first-order chi connectivity index (χ1) is 9.65. The predicted octanol–water partition coefficient (Wildman–Crippen LogP) is 3.65. The number of aromatic nitrogens is 1. The molecule has 2 atom stereocenters. The highest BCUT2D eigenvalue weighted by Gasteiger charge is 2.39. The monoisotopic (exact) mass is 266 g/mol. The Kier molecular flexibility index (Phi) is 3.26. The number of hydrogen-bond donors (Lipinski definition) is 1. The maximum Gasteiger partial charge on any atom is 0.227 e. The van der Waals surface area contributed by atoms with Crippen molar-refractivity contribution in [2.75, 3.05) is 5.32 Å². The lowest BCUT2D eigenvalue weighted by atomic mass is 10.0. The molecule has 1 aromatic carbocycles. The molecule has 1 aliphatic carbocycles. The second-order valence-corrected chi connectivity index (χ2v) is 5.55. The highest BCUT2D eigenvalue weighted by molar-refractivity contribution is 5.95. The molecule has 2 aromatic rings. The third-order valence-electron chi connectivity index (χ3n) is 3.89. The molecule has 102 valence electrons. The van der Waals surface area contributed by atoms with Gasteiger partial charge in [-0.3, -0.25) is 9.78 Å². The summed E-state index contributed by atoms with van der Waals surface area (Å²) >= 11 is 0. The molecule has 3 heteroatoms. The Balaban J connectivity index is 1.85. The Hall–Kier alpha value is -2.16. The molecule has 0 saturated heterocycles. The fourth-order valence-electron chi connectivity index (χ4n) is 2.42. The maximum atomic E-state index is 12.0. The van der Waals surface area contributed by atoms with Gasteiger partial charge in [0.1, 0.15) is 0 Å². The zero-order valence-corrected chi connectivity index (χ0v) is 11.8. The summed E-state index contributed by atoms with van der Waals surface area (Å²) in [6.45, 7) is 4.16. The molecule has 3 nitrogen and oxygen atoms in total. The van der Waals surface area contributed by atoms with E-state index < -0.39 is 0 Å². The van der Waals surface area contributed by atoms with E-state index in [2.05, 4.69) is 24.1 Å². The smallest absolute Gasteiger partial charge is 0.227 e. The molecule has 1 amide bonds. The average molecular weight is 266 g/mol. The van der Waals surface area contributed by atoms with Crippen LogP contribution in [0.3, 0.4) is 0 Å². The lowest BCUT2D eigenvalue weighted by Crippen LogP contribution is -2.14. The summed E-state index contributed by atoms with van der Waals surface area (Å²) in [4.78, 5) is 16.4. The van der Waals surface area contributed by atoms with E-state index >= 15 is 0 Å². The van der Waals surface area contributed by atoms with Gasteiger partial charge in [0.05, 0.1) is 5.69 Å². The van der Waals surface area contributed by atoms with Crippen molar-refractivity contribution in [2.45, 2.75) is 20.3 Å². The van der Waals surface area contributed by atoms with E-state index in [0.717, 1.165) is 28.9 Å². The summed E-state index contributed by atoms with van der Waals surface area (Å²) in [6.07, 6.45) is 2.79. The molecule has 1 N–H and O–H groups in total. The Morgan fingerprint density at radius 2 is 2.10 bits per heavy atom. The lowest BCUT2D eigenvalue weighted by molar-refractivity contribution is -0.117. The van der Waals surface area contributed by atoms with Crippen molar-refractivity contribution in [2.24, 2.45) is 11.8 Å². The van der Waals surface area contributed by atoms with E-state index in [1.807, 2.05) is 36.4 Å². The summed E-state index contributed by atoms with van der Waals surface area (Å²) in [6, 6.07) is 11.8. The SMILES string of the molecule is Cc1ccc(NC(=O)[C@H]2C[C@H]2C)cc1-c1ccccn1. The molecule has 0 radical (unpaired) electrons. The molecule has 1 aromatic heterocycles. The molecule has 1 heterocycles. The third-order valence-corrected chi connectivity index (χ3v) is 3.89. The van der Waals surface area contributed by atoms with E-state index in [1.54, 1.807) is 6.20 Å². The van der Waals surface area contributed by atoms with Crippen LogP contribution in [0.15, 0.2) is 42.6 Å². The average Bonchev–Trinajstić information content (AvgIpc) is 3.19. The molecule has 0 unspecified atom stereocenters. The molecular weight excluding hydrogens is 248 g/mol. The van der Waals surface area contributed by atoms with Gasteiger partial charge in [-0.2, -0.15) is 0 Å². The van der Waals surface area contributed by atoms with Crippen molar-refractivity contribution in [3.05, 3.63) is 48.2 Å². The van der Waals surface area contributed by atoms with Crippen LogP contribution in [0.5, 0.6) is 0 Å². The Labute approximate surface area is 119 Å². The predicted molar refractivity (Wildman–Crippen MR) is 80.3 cm³/mol. The van der Waals surface area contributed by atoms with Gasteiger partial charge in [-0.1, -0.05) is 19.1 Å². The number of aryl methyl sites for hydroxylation is 1. The van der Waals surface area contributed by atoms with Crippen LogP contribution in [0.2, 0.25) is 0 Å². The first-order valence-electron chi connectivity index (χ1n) is 6.98. The topological polar surface area (TPSA) is 42.0 Å². The summed E-state index contributed by atoms with van der Waals surface area (Å²) < 4.78 is 0. The highest BCUT2D eigenvalue weighted by Crippen LogP contribution is 2.38. The molecule has 3 rings (SSSR count). The number of pyridine rings is 1. The van der Waals surface area contributed by atoms with Crippen molar-refractivity contribution < 1.29 is 4.79 Å². The van der Waals surface area contributed by atoms with Gasteiger partial charge in [-0.05, 0) is 49.1 Å². The van der Waals surface area contributed by atoms with Crippen LogP contribution in [-0.4, -0.2) is 10.9 Å². The minimum atomic E-state index is 0.133. The number of rotatable bonds is 3. The summed E-state index contributed by atoms with van der Waals surface area (Å²) in [5, 5.41) is 3.00. The normalized spacial score (nSPS) is 20.5. The van der Waals surface area contributed by atoms with Crippen molar-refractivity contribution in [3.8, 4) is 11.3 Å². The lowest BCUT2D eigenvalue weighted by Gasteiger charge is -2.10. The standard InChI is InChI=1S/C17H18N2O/c1-11-6-7-13(19-17(20)15-9-12(15)2)10-14(11)16-5-3-4-8-18-16/h3-8,10,12,15H,9H2,1-2H3,(H,19,20)/t12-,15+/m1/s1. The minimum Gasteiger partial charge on any atom is -0.326 e. The summed E-state index contributed by atoms with van der Waals surface area (Å²) in [5.41, 5.74) is 4.00. The first kappa shape index (κ1) is 12.9. The number of anilines is 1. The quantitative estimate of drug-likeness (QED) is 0.921. The Bertz CT molecular complexity index is 637. The molecule has 0 spiro atoms. The zero-order valence-electron chi connectivity index (χ0n) is 11.8. The number of hydrogen-bond acceptors (Lipinski definition) is 2. The van der Waals surface area contributed by atoms with E-state index in [-0.39, 0.29) is 11.8 Å². The highest BCUT2D eigenvalue weighted by atomic mass is 16.2. The second-order valence-electron chi connectivity index (χ2n) is 5.55. The van der Waals surface area contributed by atoms with Crippen LogP contribution in [0.4, 0.5) is 5.69 Å². The molecule has 0 aliphatic heterocycles. The number of carbonyl (C=O) groups excluding carboxylic acids is 1. The van der Waals surface area contributed by atoms with E-state index in [0.29, 0.717) is 5.92 Å². The van der Waals surface area contributed by atoms with Gasteiger partial charge in [0, 0.05) is 23.4 Å². The Morgan fingerprint density at radius 3 is 2.75 bits per heavy atom. The van der Waals surface area contributed by atoms with Crippen molar-refractivity contribution in [1.82, 2.24) is 4.98 Å². The zero-order chi connectivity index (χ0) is 14.1. The molecular formula is C17H18N2O. The fourth-order valence-corrected chi connectivity index (χ4v) is 2.42. The second kappa shape index (κ2) is 5.08. The maximum absolute atomic E-state index is 12.0. The number of nitrogens with one attached hydrogen (secondary N) is 1. The fraction of sp³-hybridized carbons (Fsp3) is 0.294. The molecule has 0 bridgehead atoms. The largest absolute Gasteiger partial charge is 0.326 e. The Morgan fingerprint density at radius 1 is 1.30 bits per heavy atom. The number of nitrogens with zero attached hydrogens (tertiary/aromatic N) is 1. The molecule has 1 saturated carbocycles. The van der Waals surface area contributed by atoms with Crippen LogP contribution < -0.4 is 5.32 Å². The van der Waals surface area contributed by atoms with Crippen LogP contribution in [0, 0.1) is 18.8 Å². The molecule has 1 aliphatic rings. The van der Waals surface area contributed by atoms with E-state index in [1.165, 1.54) is 0 Å². The molecule has 1 fully saturated rings. The van der Waals surface area contributed by atoms with Gasteiger partial charge in [0.15, 0.2) is 0 Å². The van der Waals surface area contributed by atoms with Crippen molar-refractivity contribution >= 4 is 11.6 Å². The summed E-state index contributed by atoms with van der Waals surface area (Å²) in [7, 11) is 0. The van der Waals surface area contributed by atoms with Gasteiger partial charge in [-0.15, -0.1) is 0 Å². The van der Waals surface area contributed by atoms with Crippen LogP contribution in [-0.2, 0) is 4.79 Å². The van der Waals surface area contributed by atoms with Gasteiger partial charge in [0.2, 0.25) is 5.91 Å². The third kappa shape index (κ3) is 2.57. The number of benzene rings is 1. The first-order valence-corrected chi connectivity index (χ1v) is 6.98. The van der Waals surface area contributed by atoms with Crippen molar-refractivity contribution in [3.63, 3.8) is 0 Å². The van der Waals surface area contributed by atoms with Gasteiger partial charge < -0.3 is 5.32 Å². The number of amides is 1. The van der Waals surface area contributed by atoms with Gasteiger partial charge >= 0.3 is 0 Å². The van der Waals surface area contributed by atoms with E-state index in [4.69, 9.17) is 0 Å². The number of carbonyl (C=O) groups is 1. The van der Waals surface area contributed by atoms with Crippen LogP contribution >= 0.6 is 0 Å². The van der Waals surface area contributed by atoms with Gasteiger partial charge in [-0.25, -0.2) is 0 Å². The van der Waals surface area contributed by atoms with E-state index in [9.17, 15) is 4.79 Å². The van der Waals surface area contributed by atoms with Crippen LogP contribution in [0.25, 0.3) is 11.3 Å². The minimum absolute atomic E-state index is 0.133. The van der Waals surface area contributed by atoms with Crippen molar-refractivity contribution in [1.29, 1.82) is 0 Å². The van der Waals surface area contributed by atoms with Crippen LogP contribution in [0.1, 0.15) is 18.9 Å².